The van der Waals surface area contributed by atoms with Crippen molar-refractivity contribution in [2.45, 2.75) is 18.9 Å². The zero-order valence-corrected chi connectivity index (χ0v) is 7.77. The third-order valence-corrected chi connectivity index (χ3v) is 2.28. The molecule has 1 aliphatic heterocycles. The summed E-state index contributed by atoms with van der Waals surface area (Å²) >= 11 is 0. The molecule has 0 radical (unpaired) electrons. The summed E-state index contributed by atoms with van der Waals surface area (Å²) in [6, 6.07) is 0. The molecule has 0 aliphatic carbocycles. The predicted molar refractivity (Wildman–Crippen MR) is 45.3 cm³/mol. The molecule has 7 nitrogen and oxygen atoms in total. The third-order valence-electron chi connectivity index (χ3n) is 2.28. The molecule has 76 valence electrons. The Morgan fingerprint density at radius 1 is 1.71 bits per heavy atom. The Balaban J connectivity index is 2.08. The summed E-state index contributed by atoms with van der Waals surface area (Å²) in [5.74, 6) is -0.251. The molecule has 2 N–H and O–H groups in total. The molecule has 1 atom stereocenters. The lowest BCUT2D eigenvalue weighted by atomic mass is 10.1. The molecule has 14 heavy (non-hydrogen) atoms. The van der Waals surface area contributed by atoms with Crippen LogP contribution in [0.1, 0.15) is 24.0 Å². The molecule has 2 heterocycles. The number of carbonyl (C=O) groups is 1. The van der Waals surface area contributed by atoms with Gasteiger partial charge in [0.15, 0.2) is 0 Å². The highest BCUT2D eigenvalue weighted by atomic mass is 16.3. The number of hydrogen-bond acceptors (Lipinski definition) is 5. The maximum absolute atomic E-state index is 11.6. The van der Waals surface area contributed by atoms with Crippen molar-refractivity contribution in [1.82, 2.24) is 25.5 Å². The third kappa shape index (κ3) is 1.58. The quantitative estimate of drug-likeness (QED) is 0.589. The van der Waals surface area contributed by atoms with Crippen LogP contribution in [0.15, 0.2) is 0 Å². The Bertz CT molecular complexity index is 334. The number of H-pyrrole nitrogens is 1. The molecule has 0 aromatic carbocycles. The Kier molecular flexibility index (Phi) is 1.95. The first-order valence-electron chi connectivity index (χ1n) is 4.34. The van der Waals surface area contributed by atoms with Crippen LogP contribution in [-0.4, -0.2) is 55.2 Å². The smallest absolute Gasteiger partial charge is 0.295 e. The Hall–Kier alpha value is -1.50. The van der Waals surface area contributed by atoms with Crippen molar-refractivity contribution in [3.8, 4) is 0 Å². The van der Waals surface area contributed by atoms with Gasteiger partial charge in [-0.3, -0.25) is 4.79 Å². The summed E-state index contributed by atoms with van der Waals surface area (Å²) in [5, 5.41) is 22.3. The molecular weight excluding hydrogens is 186 g/mol. The van der Waals surface area contributed by atoms with Crippen molar-refractivity contribution in [2.75, 3.05) is 13.1 Å². The van der Waals surface area contributed by atoms with Crippen LogP contribution in [0.2, 0.25) is 0 Å². The summed E-state index contributed by atoms with van der Waals surface area (Å²) in [4.78, 5) is 13.1. The molecule has 1 aromatic heterocycles. The van der Waals surface area contributed by atoms with Gasteiger partial charge in [-0.05, 0) is 18.6 Å². The average molecular weight is 197 g/mol. The lowest BCUT2D eigenvalue weighted by Crippen LogP contribution is -2.34. The van der Waals surface area contributed by atoms with Gasteiger partial charge in [0.25, 0.3) is 11.7 Å². The number of carbonyl (C=O) groups excluding carboxylic acids is 1. The average Bonchev–Trinajstić information content (AvgIpc) is 2.72. The molecule has 7 heteroatoms. The standard InChI is InChI=1S/C7H11N5O2/c1-7(14)2-3-12(4-7)6(13)5-8-10-11-9-5/h14H,2-4H2,1H3,(H,8,9,10,11). The number of rotatable bonds is 1. The molecule has 0 bridgehead atoms. The van der Waals surface area contributed by atoms with E-state index in [9.17, 15) is 9.90 Å². The zero-order chi connectivity index (χ0) is 10.2. The highest BCUT2D eigenvalue weighted by Gasteiger charge is 2.35. The highest BCUT2D eigenvalue weighted by molar-refractivity contribution is 5.90. The maximum atomic E-state index is 11.6. The zero-order valence-electron chi connectivity index (χ0n) is 7.77. The van der Waals surface area contributed by atoms with E-state index in [4.69, 9.17) is 0 Å². The number of aromatic nitrogens is 4. The minimum Gasteiger partial charge on any atom is -0.388 e. The van der Waals surface area contributed by atoms with Gasteiger partial charge in [-0.1, -0.05) is 0 Å². The van der Waals surface area contributed by atoms with Crippen molar-refractivity contribution in [3.05, 3.63) is 5.82 Å². The Morgan fingerprint density at radius 2 is 2.50 bits per heavy atom. The van der Waals surface area contributed by atoms with Crippen molar-refractivity contribution < 1.29 is 9.90 Å². The molecule has 1 fully saturated rings. The lowest BCUT2D eigenvalue weighted by Gasteiger charge is -2.17. The van der Waals surface area contributed by atoms with Crippen molar-refractivity contribution in [3.63, 3.8) is 0 Å². The second kappa shape index (κ2) is 3.02. The van der Waals surface area contributed by atoms with Gasteiger partial charge in [0.2, 0.25) is 0 Å². The number of nitrogens with zero attached hydrogens (tertiary/aromatic N) is 4. The number of aliphatic hydroxyl groups is 1. The number of amides is 1. The van der Waals surface area contributed by atoms with Crippen LogP contribution in [-0.2, 0) is 0 Å². The van der Waals surface area contributed by atoms with Crippen molar-refractivity contribution >= 4 is 5.91 Å². The molecule has 1 aliphatic rings. The van der Waals surface area contributed by atoms with Crippen LogP contribution in [0.5, 0.6) is 0 Å². The van der Waals surface area contributed by atoms with Crippen molar-refractivity contribution in [1.29, 1.82) is 0 Å². The number of tetrazole rings is 1. The van der Waals surface area contributed by atoms with E-state index in [-0.39, 0.29) is 11.7 Å². The predicted octanol–water partition coefficient (Wildman–Crippen LogP) is -1.20. The second-order valence-corrected chi connectivity index (χ2v) is 3.71. The molecule has 0 spiro atoms. The molecule has 1 amide bonds. The van der Waals surface area contributed by atoms with Crippen LogP contribution in [0.4, 0.5) is 0 Å². The topological polar surface area (TPSA) is 95.0 Å². The van der Waals surface area contributed by atoms with Gasteiger partial charge in [-0.15, -0.1) is 10.2 Å². The van der Waals surface area contributed by atoms with E-state index in [1.54, 1.807) is 6.92 Å². The van der Waals surface area contributed by atoms with Gasteiger partial charge in [-0.25, -0.2) is 0 Å². The van der Waals surface area contributed by atoms with Gasteiger partial charge in [0, 0.05) is 13.1 Å². The van der Waals surface area contributed by atoms with Gasteiger partial charge in [-0.2, -0.15) is 5.21 Å². The fourth-order valence-electron chi connectivity index (χ4n) is 1.51. The molecule has 1 unspecified atom stereocenters. The summed E-state index contributed by atoms with van der Waals surface area (Å²) in [5.41, 5.74) is -0.792. The van der Waals surface area contributed by atoms with E-state index in [2.05, 4.69) is 20.6 Å². The summed E-state index contributed by atoms with van der Waals surface area (Å²) < 4.78 is 0. The molecule has 1 saturated heterocycles. The van der Waals surface area contributed by atoms with E-state index in [0.717, 1.165) is 0 Å². The van der Waals surface area contributed by atoms with E-state index in [0.29, 0.717) is 19.5 Å². The van der Waals surface area contributed by atoms with Crippen LogP contribution >= 0.6 is 0 Å². The first-order chi connectivity index (χ1) is 6.58. The van der Waals surface area contributed by atoms with Crippen LogP contribution < -0.4 is 0 Å². The monoisotopic (exact) mass is 197 g/mol. The summed E-state index contributed by atoms with van der Waals surface area (Å²) in [6.45, 7) is 2.55. The molecule has 0 saturated carbocycles. The van der Waals surface area contributed by atoms with Gasteiger partial charge < -0.3 is 10.0 Å². The normalized spacial score (nSPS) is 26.9. The van der Waals surface area contributed by atoms with Crippen LogP contribution in [0.25, 0.3) is 0 Å². The van der Waals surface area contributed by atoms with Gasteiger partial charge >= 0.3 is 0 Å². The van der Waals surface area contributed by atoms with E-state index in [1.165, 1.54) is 4.90 Å². The van der Waals surface area contributed by atoms with E-state index < -0.39 is 5.60 Å². The van der Waals surface area contributed by atoms with Crippen LogP contribution in [0, 0.1) is 0 Å². The Morgan fingerprint density at radius 3 is 3.00 bits per heavy atom. The Labute approximate surface area is 80.1 Å². The SMILES string of the molecule is CC1(O)CCN(C(=O)c2nn[nH]n2)C1. The largest absolute Gasteiger partial charge is 0.388 e. The van der Waals surface area contributed by atoms with E-state index in [1.807, 2.05) is 0 Å². The summed E-state index contributed by atoms with van der Waals surface area (Å²) in [6.07, 6.45) is 0.580. The molecular formula is C7H11N5O2. The first kappa shape index (κ1) is 9.07. The number of hydrogen-bond donors (Lipinski definition) is 2. The number of β-amino-alcohol motifs (C(OH)–C–C–N with tert-alkyl or cyclic N) is 1. The second-order valence-electron chi connectivity index (χ2n) is 3.71. The highest BCUT2D eigenvalue weighted by Crippen LogP contribution is 2.20. The fraction of sp³-hybridized carbons (Fsp3) is 0.714. The molecule has 2 rings (SSSR count). The maximum Gasteiger partial charge on any atom is 0.295 e. The fourth-order valence-corrected chi connectivity index (χ4v) is 1.51. The van der Waals surface area contributed by atoms with Crippen molar-refractivity contribution in [2.24, 2.45) is 0 Å². The number of likely N-dealkylation sites (tertiary alicyclic amines) is 1. The van der Waals surface area contributed by atoms with Gasteiger partial charge in [0.05, 0.1) is 5.60 Å². The summed E-state index contributed by atoms with van der Waals surface area (Å²) in [7, 11) is 0. The van der Waals surface area contributed by atoms with E-state index >= 15 is 0 Å². The van der Waals surface area contributed by atoms with Crippen LogP contribution in [0.3, 0.4) is 0 Å². The minimum atomic E-state index is -0.792. The number of aromatic amines is 1. The lowest BCUT2D eigenvalue weighted by molar-refractivity contribution is 0.0565. The molecule has 1 aromatic rings. The minimum absolute atomic E-state index is 0.0442. The van der Waals surface area contributed by atoms with Gasteiger partial charge in [0.1, 0.15) is 0 Å². The number of nitrogens with one attached hydrogen (secondary N) is 1. The first-order valence-corrected chi connectivity index (χ1v) is 4.34.